The summed E-state index contributed by atoms with van der Waals surface area (Å²) in [7, 11) is 0. The average molecular weight is 422 g/mol. The van der Waals surface area contributed by atoms with Gasteiger partial charge in [0.2, 0.25) is 5.82 Å². The van der Waals surface area contributed by atoms with Crippen molar-refractivity contribution in [1.82, 2.24) is 20.2 Å². The first-order valence-electron chi connectivity index (χ1n) is 11.0. The number of aromatic nitrogens is 4. The Kier molecular flexibility index (Phi) is 5.73. The quantitative estimate of drug-likeness (QED) is 0.519. The van der Waals surface area contributed by atoms with Crippen molar-refractivity contribution in [3.63, 3.8) is 0 Å². The summed E-state index contributed by atoms with van der Waals surface area (Å²) in [6, 6.07) is 29.2. The van der Waals surface area contributed by atoms with Gasteiger partial charge in [-0.3, -0.25) is 0 Å². The Hall–Kier alpha value is -3.82. The van der Waals surface area contributed by atoms with E-state index >= 15 is 0 Å². The molecule has 6 nitrogen and oxygen atoms in total. The van der Waals surface area contributed by atoms with Gasteiger partial charge in [0.05, 0.1) is 18.2 Å². The number of aryl methyl sites for hydroxylation is 2. The Morgan fingerprint density at radius 1 is 0.938 bits per heavy atom. The summed E-state index contributed by atoms with van der Waals surface area (Å²) in [4.78, 5) is 1.42. The molecular formula is C26H25N6+. The third-order valence-electron chi connectivity index (χ3n) is 6.31. The fourth-order valence-corrected chi connectivity index (χ4v) is 4.62. The molecule has 2 heterocycles. The smallest absolute Gasteiger partial charge is 0.214 e. The number of fused-ring (bicyclic) bond motifs is 1. The molecule has 1 aliphatic rings. The van der Waals surface area contributed by atoms with E-state index in [0.29, 0.717) is 5.56 Å². The number of hydrogen-bond acceptors (Lipinski definition) is 4. The van der Waals surface area contributed by atoms with Gasteiger partial charge >= 0.3 is 0 Å². The highest BCUT2D eigenvalue weighted by Gasteiger charge is 2.34. The first kappa shape index (κ1) is 20.1. The molecule has 32 heavy (non-hydrogen) atoms. The summed E-state index contributed by atoms with van der Waals surface area (Å²) in [6.45, 7) is 2.66. The largest absolute Gasteiger partial charge is 0.318 e. The molecule has 0 saturated heterocycles. The van der Waals surface area contributed by atoms with Crippen LogP contribution < -0.4 is 4.90 Å². The second kappa shape index (κ2) is 9.13. The molecule has 1 aromatic heterocycles. The highest BCUT2D eigenvalue weighted by atomic mass is 15.5. The summed E-state index contributed by atoms with van der Waals surface area (Å²) < 4.78 is 1.95. The van der Waals surface area contributed by atoms with Gasteiger partial charge in [-0.2, -0.15) is 5.26 Å². The SMILES string of the molecule is N#Cc1ccc([C@H](c2nnnn2CCc2ccccc2)[NH+]2CCc3ccccc3C2)cc1. The molecule has 2 atom stereocenters. The predicted molar refractivity (Wildman–Crippen MR) is 121 cm³/mol. The summed E-state index contributed by atoms with van der Waals surface area (Å²) >= 11 is 0. The van der Waals surface area contributed by atoms with Crippen LogP contribution in [-0.4, -0.2) is 26.8 Å². The van der Waals surface area contributed by atoms with E-state index in [9.17, 15) is 5.26 Å². The first-order valence-corrected chi connectivity index (χ1v) is 11.0. The molecule has 0 fully saturated rings. The van der Waals surface area contributed by atoms with Crippen LogP contribution in [0.3, 0.4) is 0 Å². The van der Waals surface area contributed by atoms with E-state index in [-0.39, 0.29) is 6.04 Å². The van der Waals surface area contributed by atoms with Crippen LogP contribution in [0.1, 0.15) is 39.7 Å². The lowest BCUT2D eigenvalue weighted by molar-refractivity contribution is -0.941. The molecule has 0 saturated carbocycles. The fourth-order valence-electron chi connectivity index (χ4n) is 4.62. The number of hydrogen-bond donors (Lipinski definition) is 1. The number of quaternary nitrogens is 1. The second-order valence-electron chi connectivity index (χ2n) is 8.27. The van der Waals surface area contributed by atoms with Crippen molar-refractivity contribution in [2.45, 2.75) is 32.0 Å². The molecule has 1 N–H and O–H groups in total. The molecule has 6 heteroatoms. The van der Waals surface area contributed by atoms with Gasteiger partial charge < -0.3 is 4.90 Å². The molecule has 0 aliphatic carbocycles. The summed E-state index contributed by atoms with van der Waals surface area (Å²) in [5, 5.41) is 22.1. The standard InChI is InChI=1S/C26H24N6/c27-18-21-10-12-23(13-11-21)25(31-16-15-22-8-4-5-9-24(22)19-31)26-28-29-30-32(26)17-14-20-6-2-1-3-7-20/h1-13,25H,14-17,19H2/p+1/t25-/m1/s1. The Bertz CT molecular complexity index is 1220. The van der Waals surface area contributed by atoms with Gasteiger partial charge in [0.1, 0.15) is 6.54 Å². The Morgan fingerprint density at radius 3 is 2.47 bits per heavy atom. The minimum Gasteiger partial charge on any atom is -0.318 e. The molecule has 5 rings (SSSR count). The topological polar surface area (TPSA) is 71.8 Å². The van der Waals surface area contributed by atoms with Crippen molar-refractivity contribution < 1.29 is 4.90 Å². The molecule has 4 aromatic rings. The van der Waals surface area contributed by atoms with Crippen LogP contribution in [0, 0.1) is 11.3 Å². The third-order valence-corrected chi connectivity index (χ3v) is 6.31. The van der Waals surface area contributed by atoms with Crippen molar-refractivity contribution in [3.8, 4) is 6.07 Å². The van der Waals surface area contributed by atoms with Gasteiger partial charge in [-0.1, -0.05) is 66.7 Å². The number of tetrazole rings is 1. The Labute approximate surface area is 187 Å². The van der Waals surface area contributed by atoms with Gasteiger partial charge in [-0.05, 0) is 40.1 Å². The van der Waals surface area contributed by atoms with Crippen molar-refractivity contribution in [3.05, 3.63) is 113 Å². The van der Waals surface area contributed by atoms with E-state index < -0.39 is 0 Å². The van der Waals surface area contributed by atoms with Crippen LogP contribution >= 0.6 is 0 Å². The van der Waals surface area contributed by atoms with Crippen LogP contribution in [0.15, 0.2) is 78.9 Å². The zero-order valence-electron chi connectivity index (χ0n) is 17.9. The highest BCUT2D eigenvalue weighted by Crippen LogP contribution is 2.21. The van der Waals surface area contributed by atoms with Gasteiger partial charge in [-0.15, -0.1) is 5.10 Å². The summed E-state index contributed by atoms with van der Waals surface area (Å²) in [6.07, 6.45) is 1.90. The van der Waals surface area contributed by atoms with E-state index in [1.807, 2.05) is 35.0 Å². The second-order valence-corrected chi connectivity index (χ2v) is 8.27. The predicted octanol–water partition coefficient (Wildman–Crippen LogP) is 2.52. The van der Waals surface area contributed by atoms with Crippen LogP contribution in [0.4, 0.5) is 0 Å². The van der Waals surface area contributed by atoms with Crippen molar-refractivity contribution in [1.29, 1.82) is 5.26 Å². The molecule has 0 amide bonds. The average Bonchev–Trinajstić information content (AvgIpc) is 3.32. The van der Waals surface area contributed by atoms with Gasteiger partial charge in [0, 0.05) is 24.1 Å². The zero-order valence-corrected chi connectivity index (χ0v) is 17.9. The van der Waals surface area contributed by atoms with Crippen LogP contribution in [-0.2, 0) is 25.9 Å². The maximum absolute atomic E-state index is 9.24. The van der Waals surface area contributed by atoms with Crippen LogP contribution in [0.5, 0.6) is 0 Å². The highest BCUT2D eigenvalue weighted by molar-refractivity contribution is 5.34. The number of nitriles is 1. The van der Waals surface area contributed by atoms with E-state index in [4.69, 9.17) is 0 Å². The monoisotopic (exact) mass is 421 g/mol. The van der Waals surface area contributed by atoms with Gasteiger partial charge in [0.25, 0.3) is 0 Å². The van der Waals surface area contributed by atoms with Crippen molar-refractivity contribution in [2.24, 2.45) is 0 Å². The molecule has 0 radical (unpaired) electrons. The lowest BCUT2D eigenvalue weighted by atomic mass is 9.95. The molecule has 1 aliphatic heterocycles. The van der Waals surface area contributed by atoms with E-state index in [1.54, 1.807) is 0 Å². The Morgan fingerprint density at radius 2 is 1.69 bits per heavy atom. The Balaban J connectivity index is 1.48. The van der Waals surface area contributed by atoms with Crippen molar-refractivity contribution >= 4 is 0 Å². The van der Waals surface area contributed by atoms with Crippen LogP contribution in [0.25, 0.3) is 0 Å². The minimum absolute atomic E-state index is 0.00173. The molecule has 1 unspecified atom stereocenters. The molecule has 3 aromatic carbocycles. The number of rotatable bonds is 6. The zero-order chi connectivity index (χ0) is 21.8. The number of nitrogens with zero attached hydrogens (tertiary/aromatic N) is 5. The molecule has 158 valence electrons. The lowest BCUT2D eigenvalue weighted by Gasteiger charge is -2.32. The number of nitrogens with one attached hydrogen (secondary N) is 1. The van der Waals surface area contributed by atoms with Crippen molar-refractivity contribution in [2.75, 3.05) is 6.54 Å². The number of benzene rings is 3. The fraction of sp³-hybridized carbons (Fsp3) is 0.231. The summed E-state index contributed by atoms with van der Waals surface area (Å²) in [5.41, 5.74) is 5.88. The first-order chi connectivity index (χ1) is 15.8. The third kappa shape index (κ3) is 4.16. The van der Waals surface area contributed by atoms with Gasteiger partial charge in [0.15, 0.2) is 6.04 Å². The van der Waals surface area contributed by atoms with Gasteiger partial charge in [-0.25, -0.2) is 4.68 Å². The molecule has 0 spiro atoms. The van der Waals surface area contributed by atoms with E-state index in [1.165, 1.54) is 21.6 Å². The molecular weight excluding hydrogens is 396 g/mol. The maximum atomic E-state index is 9.24. The lowest BCUT2D eigenvalue weighted by Crippen LogP contribution is -3.12. The van der Waals surface area contributed by atoms with E-state index in [0.717, 1.165) is 43.9 Å². The van der Waals surface area contributed by atoms with Crippen LogP contribution in [0.2, 0.25) is 0 Å². The van der Waals surface area contributed by atoms with E-state index in [2.05, 4.69) is 70.1 Å². The summed E-state index contributed by atoms with van der Waals surface area (Å²) in [5.74, 6) is 0.875. The minimum atomic E-state index is 0.00173. The normalized spacial score (nSPS) is 16.2. The maximum Gasteiger partial charge on any atom is 0.214 e. The molecule has 0 bridgehead atoms.